The lowest BCUT2D eigenvalue weighted by molar-refractivity contribution is -0.123. The van der Waals surface area contributed by atoms with Gasteiger partial charge < -0.3 is 40.1 Å². The number of carbonyl (C=O) groups excluding carboxylic acids is 1. The van der Waals surface area contributed by atoms with Crippen molar-refractivity contribution in [3.8, 4) is 0 Å². The largest absolute Gasteiger partial charge is 0.483 e. The molecule has 0 bridgehead atoms. The third kappa shape index (κ3) is 43.4. The number of carbonyl (C=O) groups is 2. The number of nitrogens with zero attached hydrogens (tertiary/aromatic N) is 3. The number of rotatable bonds is 13. The fourth-order valence-corrected chi connectivity index (χ4v) is 1.13. The second kappa shape index (κ2) is 28.5. The van der Waals surface area contributed by atoms with Crippen molar-refractivity contribution in [1.29, 1.82) is 0 Å². The third-order valence-corrected chi connectivity index (χ3v) is 2.63. The number of amides is 1. The molecule has 0 atom stereocenters. The molecule has 0 aliphatic heterocycles. The molecule has 0 aromatic rings. The molecule has 0 radical (unpaired) electrons. The monoisotopic (exact) mass is 384 g/mol. The highest BCUT2D eigenvalue weighted by Crippen LogP contribution is 1.80. The van der Waals surface area contributed by atoms with E-state index in [1.807, 2.05) is 35.2 Å². The summed E-state index contributed by atoms with van der Waals surface area (Å²) < 4.78 is 10.6. The molecule has 0 spiro atoms. The number of hydrogen-bond acceptors (Lipinski definition) is 7. The van der Waals surface area contributed by atoms with Crippen LogP contribution in [0, 0.1) is 0 Å². The summed E-state index contributed by atoms with van der Waals surface area (Å²) in [6.07, 6.45) is 0.801. The molecule has 0 aromatic heterocycles. The van der Waals surface area contributed by atoms with E-state index >= 15 is 0 Å². The molecule has 0 saturated carbocycles. The highest BCUT2D eigenvalue weighted by Gasteiger charge is 1.93. The van der Waals surface area contributed by atoms with Crippen LogP contribution in [0.15, 0.2) is 0 Å². The Bertz CT molecular complexity index is 271. The minimum atomic E-state index is -0.250. The average Bonchev–Trinajstić information content (AvgIpc) is 2.55. The number of carboxylic acid groups (broad SMARTS) is 1. The third-order valence-electron chi connectivity index (χ3n) is 2.63. The van der Waals surface area contributed by atoms with Crippen LogP contribution in [0.1, 0.15) is 0 Å². The van der Waals surface area contributed by atoms with Gasteiger partial charge in [0.2, 0.25) is 6.41 Å². The van der Waals surface area contributed by atoms with Gasteiger partial charge in [-0.2, -0.15) is 0 Å². The van der Waals surface area contributed by atoms with Gasteiger partial charge >= 0.3 is 0 Å². The lowest BCUT2D eigenvalue weighted by Crippen LogP contribution is -2.24. The first-order chi connectivity index (χ1) is 11.8. The maximum atomic E-state index is 10.1. The molecule has 0 aliphatic carbocycles. The molecule has 10 nitrogen and oxygen atoms in total. The normalized spacial score (nSPS) is 9.38. The summed E-state index contributed by atoms with van der Waals surface area (Å²) in [7, 11) is 11.8. The van der Waals surface area contributed by atoms with Crippen molar-refractivity contribution in [1.82, 2.24) is 20.0 Å². The van der Waals surface area contributed by atoms with Gasteiger partial charge in [-0.15, -0.1) is 0 Å². The van der Waals surface area contributed by atoms with E-state index in [4.69, 9.17) is 19.4 Å². The average molecular weight is 385 g/mol. The van der Waals surface area contributed by atoms with Gasteiger partial charge in [0, 0.05) is 33.2 Å². The first-order valence-electron chi connectivity index (χ1n) is 8.18. The topological polar surface area (TPSA) is 126 Å². The van der Waals surface area contributed by atoms with Crippen LogP contribution in [0.3, 0.4) is 0 Å². The lowest BCUT2D eigenvalue weighted by Gasteiger charge is -2.12. The van der Waals surface area contributed by atoms with Crippen molar-refractivity contribution < 1.29 is 29.6 Å². The molecule has 0 rings (SSSR count). The molecule has 0 heterocycles. The van der Waals surface area contributed by atoms with Gasteiger partial charge in [0.15, 0.2) is 0 Å². The van der Waals surface area contributed by atoms with Gasteiger partial charge in [-0.1, -0.05) is 0 Å². The summed E-state index contributed by atoms with van der Waals surface area (Å²) in [5.41, 5.74) is 0. The van der Waals surface area contributed by atoms with E-state index < -0.39 is 0 Å². The Labute approximate surface area is 158 Å². The van der Waals surface area contributed by atoms with Crippen LogP contribution < -0.4 is 5.32 Å². The summed E-state index contributed by atoms with van der Waals surface area (Å²) in [6.45, 7) is 6.25. The van der Waals surface area contributed by atoms with Crippen LogP contribution in [0.5, 0.6) is 0 Å². The van der Waals surface area contributed by atoms with Gasteiger partial charge in [0.1, 0.15) is 0 Å². The van der Waals surface area contributed by atoms with Crippen molar-refractivity contribution in [2.75, 3.05) is 94.9 Å². The van der Waals surface area contributed by atoms with Crippen LogP contribution in [-0.4, -0.2) is 133 Å². The van der Waals surface area contributed by atoms with Gasteiger partial charge in [-0.25, -0.2) is 0 Å². The van der Waals surface area contributed by atoms with Crippen molar-refractivity contribution in [2.45, 2.75) is 0 Å². The van der Waals surface area contributed by atoms with Crippen molar-refractivity contribution in [2.24, 2.45) is 0 Å². The summed E-state index contributed by atoms with van der Waals surface area (Å²) in [4.78, 5) is 24.2. The molecule has 4 N–H and O–H groups in total. The van der Waals surface area contributed by atoms with Crippen molar-refractivity contribution >= 4 is 12.9 Å². The molecule has 0 unspecified atom stereocenters. The van der Waals surface area contributed by atoms with Crippen LogP contribution >= 0.6 is 0 Å². The minimum absolute atomic E-state index is 0. The van der Waals surface area contributed by atoms with Gasteiger partial charge in [-0.05, 0) is 35.2 Å². The van der Waals surface area contributed by atoms with Crippen molar-refractivity contribution in [3.63, 3.8) is 0 Å². The molecular formula is C16H40N4O6. The van der Waals surface area contributed by atoms with Crippen LogP contribution in [-0.2, 0) is 19.1 Å². The Morgan fingerprint density at radius 1 is 0.846 bits per heavy atom. The smallest absolute Gasteiger partial charge is 0.290 e. The van der Waals surface area contributed by atoms with E-state index in [2.05, 4.69) is 15.1 Å². The predicted molar refractivity (Wildman–Crippen MR) is 104 cm³/mol. The standard InChI is InChI=1S/C8H18N2O2.C7H18N2O.CH2O2.H2O/c1-9(2)4-6-12-7-5-10(3)8-11;1-8-4-6-10-7-5-9(2)3;2-1-3;/h8H,4-7H2,1-3H3;8H,4-7H2,1-3H3;1H,(H,2,3);1H2. The van der Waals surface area contributed by atoms with Gasteiger partial charge in [-0.3, -0.25) is 9.59 Å². The highest BCUT2D eigenvalue weighted by atomic mass is 16.5. The molecule has 0 saturated heterocycles. The van der Waals surface area contributed by atoms with E-state index in [1.165, 1.54) is 0 Å². The second-order valence-corrected chi connectivity index (χ2v) is 5.63. The van der Waals surface area contributed by atoms with Crippen LogP contribution in [0.25, 0.3) is 0 Å². The van der Waals surface area contributed by atoms with E-state index in [9.17, 15) is 4.79 Å². The molecule has 10 heteroatoms. The summed E-state index contributed by atoms with van der Waals surface area (Å²) in [5.74, 6) is 0. The number of hydrogen-bond donors (Lipinski definition) is 2. The molecule has 0 aliphatic rings. The molecule has 160 valence electrons. The van der Waals surface area contributed by atoms with E-state index in [1.54, 1.807) is 11.9 Å². The Balaban J connectivity index is -0.000000158. The number of ether oxygens (including phenoxy) is 2. The fourth-order valence-electron chi connectivity index (χ4n) is 1.13. The first kappa shape index (κ1) is 32.4. The molecule has 26 heavy (non-hydrogen) atoms. The van der Waals surface area contributed by atoms with E-state index in [-0.39, 0.29) is 11.9 Å². The number of likely N-dealkylation sites (N-methyl/N-ethyl adjacent to an activating group) is 4. The summed E-state index contributed by atoms with van der Waals surface area (Å²) in [5, 5.41) is 9.91. The Kier molecular flexibility index (Phi) is 35.5. The Morgan fingerprint density at radius 3 is 1.58 bits per heavy atom. The SMILES string of the molecule is CN(C)CCOCCN(C)C=O.CNCCOCCN(C)C.O.O=CO. The van der Waals surface area contributed by atoms with E-state index in [0.717, 1.165) is 45.9 Å². The lowest BCUT2D eigenvalue weighted by atomic mass is 10.6. The fraction of sp³-hybridized carbons (Fsp3) is 0.875. The quantitative estimate of drug-likeness (QED) is 0.285. The Morgan fingerprint density at radius 2 is 1.23 bits per heavy atom. The molecule has 0 aromatic carbocycles. The predicted octanol–water partition coefficient (Wildman–Crippen LogP) is -1.69. The zero-order chi connectivity index (χ0) is 19.9. The van der Waals surface area contributed by atoms with E-state index in [0.29, 0.717) is 13.2 Å². The maximum absolute atomic E-state index is 10.1. The highest BCUT2D eigenvalue weighted by molar-refractivity contribution is 5.46. The van der Waals surface area contributed by atoms with Crippen LogP contribution in [0.4, 0.5) is 0 Å². The van der Waals surface area contributed by atoms with Crippen LogP contribution in [0.2, 0.25) is 0 Å². The minimum Gasteiger partial charge on any atom is -0.483 e. The van der Waals surface area contributed by atoms with Gasteiger partial charge in [0.05, 0.1) is 26.4 Å². The first-order valence-corrected chi connectivity index (χ1v) is 8.18. The zero-order valence-electron chi connectivity index (χ0n) is 17.2. The number of nitrogens with one attached hydrogen (secondary N) is 1. The Hall–Kier alpha value is -1.30. The van der Waals surface area contributed by atoms with Gasteiger partial charge in [0.25, 0.3) is 6.47 Å². The summed E-state index contributed by atoms with van der Waals surface area (Å²) in [6, 6.07) is 0. The van der Waals surface area contributed by atoms with Crippen molar-refractivity contribution in [3.05, 3.63) is 0 Å². The zero-order valence-corrected chi connectivity index (χ0v) is 17.2. The molecule has 0 fully saturated rings. The summed E-state index contributed by atoms with van der Waals surface area (Å²) >= 11 is 0. The molecular weight excluding hydrogens is 344 g/mol. The second-order valence-electron chi connectivity index (χ2n) is 5.63. The maximum Gasteiger partial charge on any atom is 0.290 e. The molecule has 1 amide bonds.